The van der Waals surface area contributed by atoms with Crippen LogP contribution in [-0.2, 0) is 0 Å². The largest absolute Gasteiger partial charge is 0.493 e. The highest BCUT2D eigenvalue weighted by molar-refractivity contribution is 5.77. The topological polar surface area (TPSA) is 59.7 Å². The van der Waals surface area contributed by atoms with Crippen LogP contribution in [-0.4, -0.2) is 17.8 Å². The lowest BCUT2D eigenvalue weighted by atomic mass is 9.48. The standard InChI is InChI=1S/C24H30O4/c1-15-5-9-20-23(2,3)21(25)11-12-24(20,4)18(15)14-27-17-8-6-16-7-10-22(26)28-19(16)13-17/h5-8,10,13,18,20-21,25H,9,11-12,14H2,1-4H3/t18?,20?,21-,24?/m1/s1. The summed E-state index contributed by atoms with van der Waals surface area (Å²) in [6, 6.07) is 8.84. The summed E-state index contributed by atoms with van der Waals surface area (Å²) < 4.78 is 11.5. The number of fused-ring (bicyclic) bond motifs is 2. The normalized spacial score (nSPS) is 31.9. The first kappa shape index (κ1) is 19.3. The average molecular weight is 383 g/mol. The van der Waals surface area contributed by atoms with Crippen molar-refractivity contribution in [3.8, 4) is 5.75 Å². The minimum absolute atomic E-state index is 0.102. The Morgan fingerprint density at radius 1 is 1.21 bits per heavy atom. The van der Waals surface area contributed by atoms with Crippen LogP contribution < -0.4 is 10.4 Å². The maximum atomic E-state index is 11.5. The molecule has 1 saturated carbocycles. The van der Waals surface area contributed by atoms with Crippen LogP contribution in [0.3, 0.4) is 0 Å². The van der Waals surface area contributed by atoms with Gasteiger partial charge >= 0.3 is 5.63 Å². The van der Waals surface area contributed by atoms with Gasteiger partial charge in [0.1, 0.15) is 11.3 Å². The molecule has 0 amide bonds. The molecule has 4 nitrogen and oxygen atoms in total. The molecule has 1 aromatic carbocycles. The number of aliphatic hydroxyl groups excluding tert-OH is 1. The lowest BCUT2D eigenvalue weighted by Gasteiger charge is -2.58. The molecule has 2 aromatic rings. The summed E-state index contributed by atoms with van der Waals surface area (Å²) in [5.41, 5.74) is 1.57. The maximum absolute atomic E-state index is 11.5. The van der Waals surface area contributed by atoms with Gasteiger partial charge in [-0.2, -0.15) is 0 Å². The molecule has 4 rings (SSSR count). The number of allylic oxidation sites excluding steroid dienone is 1. The van der Waals surface area contributed by atoms with Crippen molar-refractivity contribution in [1.82, 2.24) is 0 Å². The Hall–Kier alpha value is -2.07. The highest BCUT2D eigenvalue weighted by Gasteiger charge is 2.55. The third kappa shape index (κ3) is 3.08. The quantitative estimate of drug-likeness (QED) is 0.603. The van der Waals surface area contributed by atoms with E-state index in [0.29, 0.717) is 24.0 Å². The first-order valence-electron chi connectivity index (χ1n) is 10.2. The van der Waals surface area contributed by atoms with E-state index in [-0.39, 0.29) is 22.6 Å². The van der Waals surface area contributed by atoms with Crippen LogP contribution >= 0.6 is 0 Å². The predicted molar refractivity (Wildman–Crippen MR) is 110 cm³/mol. The molecule has 0 saturated heterocycles. The third-order valence-corrected chi connectivity index (χ3v) is 7.54. The summed E-state index contributed by atoms with van der Waals surface area (Å²) in [5.74, 6) is 1.45. The average Bonchev–Trinajstić information content (AvgIpc) is 2.64. The molecule has 0 aliphatic heterocycles. The van der Waals surface area contributed by atoms with Crippen molar-refractivity contribution in [1.29, 1.82) is 0 Å². The van der Waals surface area contributed by atoms with Gasteiger partial charge in [-0.25, -0.2) is 4.79 Å². The van der Waals surface area contributed by atoms with Crippen molar-refractivity contribution in [3.05, 3.63) is 52.4 Å². The smallest absolute Gasteiger partial charge is 0.336 e. The van der Waals surface area contributed by atoms with Crippen LogP contribution in [0.4, 0.5) is 0 Å². The molecular weight excluding hydrogens is 352 g/mol. The number of ether oxygens (including phenoxy) is 1. The summed E-state index contributed by atoms with van der Waals surface area (Å²) in [7, 11) is 0. The van der Waals surface area contributed by atoms with Gasteiger partial charge in [0.2, 0.25) is 0 Å². The van der Waals surface area contributed by atoms with E-state index >= 15 is 0 Å². The molecule has 0 spiro atoms. The van der Waals surface area contributed by atoms with E-state index in [1.54, 1.807) is 12.1 Å². The lowest BCUT2D eigenvalue weighted by molar-refractivity contribution is -0.119. The second-order valence-electron chi connectivity index (χ2n) is 9.44. The van der Waals surface area contributed by atoms with Crippen molar-refractivity contribution in [2.75, 3.05) is 6.61 Å². The first-order valence-corrected chi connectivity index (χ1v) is 10.2. The van der Waals surface area contributed by atoms with E-state index < -0.39 is 0 Å². The van der Waals surface area contributed by atoms with E-state index in [9.17, 15) is 9.90 Å². The molecule has 1 fully saturated rings. The maximum Gasteiger partial charge on any atom is 0.336 e. The molecule has 0 radical (unpaired) electrons. The van der Waals surface area contributed by atoms with Crippen molar-refractivity contribution in [2.45, 2.75) is 53.1 Å². The zero-order valence-electron chi connectivity index (χ0n) is 17.2. The number of benzene rings is 1. The van der Waals surface area contributed by atoms with Gasteiger partial charge in [0.25, 0.3) is 0 Å². The lowest BCUT2D eigenvalue weighted by Crippen LogP contribution is -2.55. The van der Waals surface area contributed by atoms with Gasteiger partial charge in [0, 0.05) is 23.4 Å². The molecule has 1 N–H and O–H groups in total. The molecule has 2 aliphatic carbocycles. The van der Waals surface area contributed by atoms with Gasteiger partial charge in [-0.15, -0.1) is 0 Å². The third-order valence-electron chi connectivity index (χ3n) is 7.54. The minimum atomic E-state index is -0.353. The molecule has 2 aliphatic rings. The van der Waals surface area contributed by atoms with Gasteiger partial charge in [0.05, 0.1) is 12.7 Å². The van der Waals surface area contributed by atoms with E-state index in [4.69, 9.17) is 9.15 Å². The van der Waals surface area contributed by atoms with Crippen LogP contribution in [0.2, 0.25) is 0 Å². The second-order valence-corrected chi connectivity index (χ2v) is 9.44. The first-order chi connectivity index (χ1) is 13.2. The van der Waals surface area contributed by atoms with Crippen LogP contribution in [0, 0.1) is 22.7 Å². The molecule has 150 valence electrons. The minimum Gasteiger partial charge on any atom is -0.493 e. The molecule has 28 heavy (non-hydrogen) atoms. The Morgan fingerprint density at radius 3 is 2.75 bits per heavy atom. The van der Waals surface area contributed by atoms with Crippen LogP contribution in [0.5, 0.6) is 5.75 Å². The second kappa shape index (κ2) is 6.77. The van der Waals surface area contributed by atoms with Crippen molar-refractivity contribution < 1.29 is 14.3 Å². The Bertz CT molecular complexity index is 970. The van der Waals surface area contributed by atoms with Gasteiger partial charge < -0.3 is 14.3 Å². The summed E-state index contributed by atoms with van der Waals surface area (Å²) >= 11 is 0. The number of rotatable bonds is 3. The number of hydrogen-bond donors (Lipinski definition) is 1. The van der Waals surface area contributed by atoms with E-state index in [1.165, 1.54) is 11.6 Å². The monoisotopic (exact) mass is 382 g/mol. The highest BCUT2D eigenvalue weighted by Crippen LogP contribution is 2.59. The van der Waals surface area contributed by atoms with Crippen molar-refractivity contribution >= 4 is 11.0 Å². The fraction of sp³-hybridized carbons (Fsp3) is 0.542. The van der Waals surface area contributed by atoms with Gasteiger partial charge in [-0.1, -0.05) is 32.4 Å². The summed E-state index contributed by atoms with van der Waals surface area (Å²) in [5, 5.41) is 11.5. The SMILES string of the molecule is CC1=CCC2C(C)(CC[C@@H](O)C2(C)C)C1COc1ccc2ccc(=O)oc2c1. The predicted octanol–water partition coefficient (Wildman–Crippen LogP) is 4.94. The molecule has 4 heteroatoms. The Kier molecular flexibility index (Phi) is 4.65. The van der Waals surface area contributed by atoms with E-state index in [1.807, 2.05) is 12.1 Å². The van der Waals surface area contributed by atoms with Gasteiger partial charge in [-0.05, 0) is 61.1 Å². The Balaban J connectivity index is 1.59. The zero-order chi connectivity index (χ0) is 20.1. The van der Waals surface area contributed by atoms with Crippen molar-refractivity contribution in [2.24, 2.45) is 22.7 Å². The van der Waals surface area contributed by atoms with Crippen LogP contribution in [0.15, 0.2) is 51.2 Å². The number of hydrogen-bond acceptors (Lipinski definition) is 4. The molecular formula is C24H30O4. The fourth-order valence-corrected chi connectivity index (χ4v) is 5.66. The van der Waals surface area contributed by atoms with Crippen LogP contribution in [0.1, 0.15) is 47.0 Å². The van der Waals surface area contributed by atoms with Gasteiger partial charge in [-0.3, -0.25) is 0 Å². The Morgan fingerprint density at radius 2 is 1.96 bits per heavy atom. The highest BCUT2D eigenvalue weighted by atomic mass is 16.5. The zero-order valence-corrected chi connectivity index (χ0v) is 17.2. The fourth-order valence-electron chi connectivity index (χ4n) is 5.66. The molecule has 1 heterocycles. The molecule has 0 bridgehead atoms. The van der Waals surface area contributed by atoms with Gasteiger partial charge in [0.15, 0.2) is 0 Å². The van der Waals surface area contributed by atoms with Crippen molar-refractivity contribution in [3.63, 3.8) is 0 Å². The van der Waals surface area contributed by atoms with E-state index in [2.05, 4.69) is 33.8 Å². The van der Waals surface area contributed by atoms with Crippen LogP contribution in [0.25, 0.3) is 11.0 Å². The molecule has 3 unspecified atom stereocenters. The summed E-state index contributed by atoms with van der Waals surface area (Å²) in [6.45, 7) is 9.57. The Labute approximate surface area is 166 Å². The molecule has 1 aromatic heterocycles. The van der Waals surface area contributed by atoms with E-state index in [0.717, 1.165) is 30.4 Å². The summed E-state index contributed by atoms with van der Waals surface area (Å²) in [4.78, 5) is 11.5. The molecule has 4 atom stereocenters. The summed E-state index contributed by atoms with van der Waals surface area (Å²) in [6.07, 6.45) is 4.95. The number of aliphatic hydroxyl groups is 1.